The van der Waals surface area contributed by atoms with E-state index >= 15 is 0 Å². The lowest BCUT2D eigenvalue weighted by Crippen LogP contribution is -2.08. The molecule has 1 aromatic heterocycles. The normalized spacial score (nSPS) is 15.7. The highest BCUT2D eigenvalue weighted by Gasteiger charge is 2.25. The molecule has 1 aromatic carbocycles. The number of aryl methyl sites for hydroxylation is 1. The van der Waals surface area contributed by atoms with Gasteiger partial charge in [0.1, 0.15) is 0 Å². The van der Waals surface area contributed by atoms with Gasteiger partial charge in [-0.1, -0.05) is 56.2 Å². The van der Waals surface area contributed by atoms with E-state index in [1.807, 2.05) is 6.08 Å². The number of allylic oxidation sites excluding steroid dienone is 3. The second-order valence-corrected chi connectivity index (χ2v) is 7.69. The van der Waals surface area contributed by atoms with Gasteiger partial charge in [-0.15, -0.1) is 6.58 Å². The van der Waals surface area contributed by atoms with Gasteiger partial charge in [-0.3, -0.25) is 0 Å². The highest BCUT2D eigenvalue weighted by Crippen LogP contribution is 2.41. The molecule has 0 aliphatic heterocycles. The Morgan fingerprint density at radius 2 is 1.96 bits per heavy atom. The zero-order chi connectivity index (χ0) is 18.5. The van der Waals surface area contributed by atoms with E-state index in [-0.39, 0.29) is 0 Å². The van der Waals surface area contributed by atoms with Crippen LogP contribution in [0.1, 0.15) is 75.1 Å². The predicted molar refractivity (Wildman–Crippen MR) is 116 cm³/mol. The van der Waals surface area contributed by atoms with Crippen molar-refractivity contribution in [1.82, 2.24) is 4.57 Å². The molecule has 1 aliphatic carbocycles. The van der Waals surface area contributed by atoms with E-state index in [1.54, 1.807) is 0 Å². The molecule has 0 amide bonds. The summed E-state index contributed by atoms with van der Waals surface area (Å²) in [5.74, 6) is 0.682. The summed E-state index contributed by atoms with van der Waals surface area (Å²) in [5.41, 5.74) is 7.13. The number of hydrogen-bond acceptors (Lipinski definition) is 0. The molecule has 1 aliphatic rings. The molecule has 0 atom stereocenters. The molecule has 2 aromatic rings. The van der Waals surface area contributed by atoms with Crippen molar-refractivity contribution in [3.63, 3.8) is 0 Å². The Morgan fingerprint density at radius 1 is 1.19 bits per heavy atom. The quantitative estimate of drug-likeness (QED) is 0.346. The Bertz CT molecular complexity index is 812. The van der Waals surface area contributed by atoms with Gasteiger partial charge in [0.05, 0.1) is 0 Å². The highest BCUT2D eigenvalue weighted by atomic mass is 15.0. The molecular weight excluding hydrogens is 314 g/mol. The smallest absolute Gasteiger partial charge is 0.0492 e. The van der Waals surface area contributed by atoms with Gasteiger partial charge in [0.2, 0.25) is 0 Å². The summed E-state index contributed by atoms with van der Waals surface area (Å²) in [7, 11) is 0. The average molecular weight is 348 g/mol. The molecule has 1 heteroatoms. The van der Waals surface area contributed by atoms with Crippen molar-refractivity contribution in [2.24, 2.45) is 0 Å². The van der Waals surface area contributed by atoms with Crippen LogP contribution in [0.4, 0.5) is 0 Å². The molecule has 1 heterocycles. The van der Waals surface area contributed by atoms with E-state index < -0.39 is 0 Å². The number of nitrogens with zero attached hydrogens (tertiary/aromatic N) is 1. The standard InChI is InChI=1S/C25H33N/c1-5-8-9-12-19(4)18-26-24-16-15-20(6-2)17-23(24)22(7-3)25(26)21-13-10-11-14-21/h5,7,12,15-17,21H,1,3,6,8-11,13-14,18H2,2,4H3/b19-12+. The molecule has 0 bridgehead atoms. The Morgan fingerprint density at radius 3 is 2.62 bits per heavy atom. The van der Waals surface area contributed by atoms with Gasteiger partial charge in [0.15, 0.2) is 0 Å². The van der Waals surface area contributed by atoms with Gasteiger partial charge < -0.3 is 4.57 Å². The highest BCUT2D eigenvalue weighted by molar-refractivity contribution is 5.92. The van der Waals surface area contributed by atoms with Crippen molar-refractivity contribution < 1.29 is 0 Å². The molecule has 0 radical (unpaired) electrons. The average Bonchev–Trinajstić information content (AvgIpc) is 3.27. The van der Waals surface area contributed by atoms with Crippen LogP contribution < -0.4 is 0 Å². The molecule has 0 saturated heterocycles. The van der Waals surface area contributed by atoms with Crippen molar-refractivity contribution in [1.29, 1.82) is 0 Å². The van der Waals surface area contributed by atoms with Gasteiger partial charge in [-0.25, -0.2) is 0 Å². The minimum Gasteiger partial charge on any atom is -0.340 e. The number of rotatable bonds is 8. The van der Waals surface area contributed by atoms with Crippen LogP contribution in [0.2, 0.25) is 0 Å². The molecule has 0 N–H and O–H groups in total. The molecule has 138 valence electrons. The van der Waals surface area contributed by atoms with E-state index in [0.717, 1.165) is 25.8 Å². The first-order valence-electron chi connectivity index (χ1n) is 10.2. The van der Waals surface area contributed by atoms with Crippen molar-refractivity contribution >= 4 is 17.0 Å². The summed E-state index contributed by atoms with van der Waals surface area (Å²) < 4.78 is 2.58. The topological polar surface area (TPSA) is 4.93 Å². The lowest BCUT2D eigenvalue weighted by Gasteiger charge is -2.17. The maximum Gasteiger partial charge on any atom is 0.0492 e. The molecular formula is C25H33N. The van der Waals surface area contributed by atoms with Crippen LogP contribution in [0.15, 0.2) is 49.1 Å². The summed E-state index contributed by atoms with van der Waals surface area (Å²) in [4.78, 5) is 0. The van der Waals surface area contributed by atoms with E-state index in [0.29, 0.717) is 5.92 Å². The summed E-state index contributed by atoms with van der Waals surface area (Å²) >= 11 is 0. The zero-order valence-corrected chi connectivity index (χ0v) is 16.6. The van der Waals surface area contributed by atoms with Crippen molar-refractivity contribution in [2.75, 3.05) is 0 Å². The number of unbranched alkanes of at least 4 members (excludes halogenated alkanes) is 1. The minimum absolute atomic E-state index is 0.682. The molecule has 0 spiro atoms. The monoisotopic (exact) mass is 347 g/mol. The van der Waals surface area contributed by atoms with Crippen molar-refractivity contribution in [3.05, 3.63) is 65.9 Å². The van der Waals surface area contributed by atoms with E-state index in [2.05, 4.69) is 61.9 Å². The number of benzene rings is 1. The predicted octanol–water partition coefficient (Wildman–Crippen LogP) is 7.42. The van der Waals surface area contributed by atoms with Crippen LogP contribution >= 0.6 is 0 Å². The Kier molecular flexibility index (Phi) is 6.19. The largest absolute Gasteiger partial charge is 0.340 e. The lowest BCUT2D eigenvalue weighted by molar-refractivity contribution is 0.636. The summed E-state index contributed by atoms with van der Waals surface area (Å²) in [5, 5.41) is 1.39. The third-order valence-electron chi connectivity index (χ3n) is 5.83. The SMILES string of the molecule is C=CCC/C=C(\C)Cn1c(C2CCCC2)c(C=C)c2cc(CC)ccc21. The van der Waals surface area contributed by atoms with Crippen LogP contribution in [0, 0.1) is 0 Å². The molecule has 1 saturated carbocycles. The fourth-order valence-electron chi connectivity index (χ4n) is 4.45. The van der Waals surface area contributed by atoms with Crippen LogP contribution in [-0.2, 0) is 13.0 Å². The Balaban J connectivity index is 2.11. The van der Waals surface area contributed by atoms with Crippen LogP contribution in [-0.4, -0.2) is 4.57 Å². The Labute approximate surface area is 159 Å². The number of fused-ring (bicyclic) bond motifs is 1. The van der Waals surface area contributed by atoms with E-state index in [9.17, 15) is 0 Å². The maximum absolute atomic E-state index is 4.18. The van der Waals surface area contributed by atoms with E-state index in [4.69, 9.17) is 0 Å². The minimum atomic E-state index is 0.682. The molecule has 26 heavy (non-hydrogen) atoms. The molecule has 1 fully saturated rings. The third-order valence-corrected chi connectivity index (χ3v) is 5.83. The van der Waals surface area contributed by atoms with Gasteiger partial charge in [-0.2, -0.15) is 0 Å². The van der Waals surface area contributed by atoms with E-state index in [1.165, 1.54) is 59.0 Å². The third kappa shape index (κ3) is 3.72. The second kappa shape index (κ2) is 8.58. The van der Waals surface area contributed by atoms with Gasteiger partial charge >= 0.3 is 0 Å². The van der Waals surface area contributed by atoms with Crippen LogP contribution in [0.5, 0.6) is 0 Å². The van der Waals surface area contributed by atoms with Crippen LogP contribution in [0.3, 0.4) is 0 Å². The molecule has 0 unspecified atom stereocenters. The van der Waals surface area contributed by atoms with Crippen molar-refractivity contribution in [2.45, 2.75) is 71.3 Å². The van der Waals surface area contributed by atoms with Gasteiger partial charge in [-0.05, 0) is 62.6 Å². The fourth-order valence-corrected chi connectivity index (χ4v) is 4.45. The first kappa shape index (κ1) is 18.8. The Hall–Kier alpha value is -2.02. The fraction of sp³-hybridized carbons (Fsp3) is 0.440. The second-order valence-electron chi connectivity index (χ2n) is 7.69. The van der Waals surface area contributed by atoms with Gasteiger partial charge in [0.25, 0.3) is 0 Å². The van der Waals surface area contributed by atoms with Gasteiger partial charge in [0, 0.05) is 28.7 Å². The number of aromatic nitrogens is 1. The molecule has 3 rings (SSSR count). The summed E-state index contributed by atoms with van der Waals surface area (Å²) in [6.45, 7) is 13.5. The first-order chi connectivity index (χ1) is 12.7. The summed E-state index contributed by atoms with van der Waals surface area (Å²) in [6, 6.07) is 7.01. The number of hydrogen-bond donors (Lipinski definition) is 0. The maximum atomic E-state index is 4.18. The summed E-state index contributed by atoms with van der Waals surface area (Å²) in [6.07, 6.45) is 15.0. The lowest BCUT2D eigenvalue weighted by atomic mass is 9.98. The molecule has 1 nitrogen and oxygen atoms in total. The van der Waals surface area contributed by atoms with Crippen molar-refractivity contribution in [3.8, 4) is 0 Å². The zero-order valence-electron chi connectivity index (χ0n) is 16.6. The van der Waals surface area contributed by atoms with Crippen LogP contribution in [0.25, 0.3) is 17.0 Å². The first-order valence-corrected chi connectivity index (χ1v) is 10.2.